The van der Waals surface area contributed by atoms with Crippen LogP contribution in [0.25, 0.3) is 10.8 Å². The van der Waals surface area contributed by atoms with Gasteiger partial charge in [-0.1, -0.05) is 24.3 Å². The van der Waals surface area contributed by atoms with E-state index in [2.05, 4.69) is 36.0 Å². The van der Waals surface area contributed by atoms with Crippen molar-refractivity contribution in [1.29, 1.82) is 0 Å². The third kappa shape index (κ3) is 2.31. The van der Waals surface area contributed by atoms with E-state index < -0.39 is 0 Å². The molecule has 0 bridgehead atoms. The summed E-state index contributed by atoms with van der Waals surface area (Å²) in [4.78, 5) is 4.68. The molecule has 1 aliphatic rings. The van der Waals surface area contributed by atoms with Gasteiger partial charge in [-0.3, -0.25) is 4.90 Å². The van der Waals surface area contributed by atoms with Crippen molar-refractivity contribution < 1.29 is 5.11 Å². The normalized spacial score (nSPS) is 15.3. The van der Waals surface area contributed by atoms with E-state index in [-0.39, 0.29) is 0 Å². The van der Waals surface area contributed by atoms with E-state index in [0.717, 1.165) is 31.6 Å². The second-order valence-corrected chi connectivity index (χ2v) is 5.60. The maximum atomic E-state index is 9.96. The van der Waals surface area contributed by atoms with Gasteiger partial charge in [0.25, 0.3) is 0 Å². The minimum atomic E-state index is 0.391. The molecule has 0 saturated heterocycles. The van der Waals surface area contributed by atoms with E-state index in [1.807, 2.05) is 18.2 Å². The van der Waals surface area contributed by atoms with Crippen molar-refractivity contribution in [1.82, 2.24) is 9.80 Å². The Labute approximate surface area is 114 Å². The summed E-state index contributed by atoms with van der Waals surface area (Å²) in [7, 11) is 4.22. The van der Waals surface area contributed by atoms with Crippen molar-refractivity contribution in [3.05, 3.63) is 41.5 Å². The van der Waals surface area contributed by atoms with Gasteiger partial charge in [-0.25, -0.2) is 0 Å². The van der Waals surface area contributed by atoms with Crippen LogP contribution in [0.15, 0.2) is 30.3 Å². The molecule has 1 N–H and O–H groups in total. The number of hydrogen-bond acceptors (Lipinski definition) is 3. The van der Waals surface area contributed by atoms with Crippen LogP contribution in [0.1, 0.15) is 11.1 Å². The average Bonchev–Trinajstić information content (AvgIpc) is 2.40. The smallest absolute Gasteiger partial charge is 0.123 e. The minimum absolute atomic E-state index is 0.391. The molecule has 2 aromatic rings. The number of nitrogens with zero attached hydrogens (tertiary/aromatic N) is 2. The molecule has 3 rings (SSSR count). The van der Waals surface area contributed by atoms with E-state index in [1.54, 1.807) is 0 Å². The van der Waals surface area contributed by atoms with E-state index in [9.17, 15) is 5.11 Å². The summed E-state index contributed by atoms with van der Waals surface area (Å²) < 4.78 is 0. The van der Waals surface area contributed by atoms with Gasteiger partial charge in [-0.05, 0) is 36.7 Å². The molecule has 0 amide bonds. The van der Waals surface area contributed by atoms with Gasteiger partial charge in [0.1, 0.15) is 5.75 Å². The third-order valence-electron chi connectivity index (χ3n) is 3.84. The van der Waals surface area contributed by atoms with Gasteiger partial charge in [0.15, 0.2) is 0 Å². The van der Waals surface area contributed by atoms with Gasteiger partial charge in [0.2, 0.25) is 0 Å². The molecule has 1 aliphatic heterocycles. The summed E-state index contributed by atoms with van der Waals surface area (Å²) in [5, 5.41) is 12.2. The maximum Gasteiger partial charge on any atom is 0.123 e. The van der Waals surface area contributed by atoms with Crippen molar-refractivity contribution in [3.8, 4) is 5.75 Å². The van der Waals surface area contributed by atoms with Crippen molar-refractivity contribution in [2.75, 3.05) is 27.2 Å². The van der Waals surface area contributed by atoms with E-state index >= 15 is 0 Å². The molecule has 2 aromatic carbocycles. The first-order valence-corrected chi connectivity index (χ1v) is 6.74. The number of hydrogen-bond donors (Lipinski definition) is 1. The lowest BCUT2D eigenvalue weighted by Gasteiger charge is -2.30. The van der Waals surface area contributed by atoms with Gasteiger partial charge < -0.3 is 10.0 Å². The van der Waals surface area contributed by atoms with Gasteiger partial charge in [-0.15, -0.1) is 0 Å². The molecule has 0 spiro atoms. The molecule has 3 heteroatoms. The molecule has 0 atom stereocenters. The molecular formula is C16H20N2O. The van der Waals surface area contributed by atoms with Crippen molar-refractivity contribution in [3.63, 3.8) is 0 Å². The molecule has 3 nitrogen and oxygen atoms in total. The summed E-state index contributed by atoms with van der Waals surface area (Å²) in [5.41, 5.74) is 2.65. The lowest BCUT2D eigenvalue weighted by atomic mass is 9.94. The molecule has 1 heterocycles. The Morgan fingerprint density at radius 1 is 1.11 bits per heavy atom. The van der Waals surface area contributed by atoms with Gasteiger partial charge >= 0.3 is 0 Å². The Morgan fingerprint density at radius 3 is 2.58 bits per heavy atom. The SMILES string of the molecule is CN(C)CCN1Cc2cccc3c(O)ccc(c23)C1. The Hall–Kier alpha value is -1.58. The quantitative estimate of drug-likeness (QED) is 0.913. The standard InChI is InChI=1S/C16H20N2O/c1-17(2)8-9-18-10-12-4-3-5-14-15(19)7-6-13(11-18)16(12)14/h3-7,19H,8-11H2,1-2H3. The first kappa shape index (κ1) is 12.5. The number of rotatable bonds is 3. The van der Waals surface area contributed by atoms with Crippen LogP contribution in [0.2, 0.25) is 0 Å². The molecule has 0 aliphatic carbocycles. The largest absolute Gasteiger partial charge is 0.507 e. The Kier molecular flexibility index (Phi) is 3.17. The zero-order valence-electron chi connectivity index (χ0n) is 11.6. The Morgan fingerprint density at radius 2 is 1.84 bits per heavy atom. The van der Waals surface area contributed by atoms with Crippen molar-refractivity contribution in [2.45, 2.75) is 13.1 Å². The van der Waals surface area contributed by atoms with Gasteiger partial charge in [0.05, 0.1) is 0 Å². The summed E-state index contributed by atoms with van der Waals surface area (Å²) in [6, 6.07) is 10.1. The second kappa shape index (κ2) is 4.83. The second-order valence-electron chi connectivity index (χ2n) is 5.60. The molecule has 0 radical (unpaired) electrons. The zero-order chi connectivity index (χ0) is 13.4. The highest BCUT2D eigenvalue weighted by molar-refractivity contribution is 5.93. The molecule has 0 unspecified atom stereocenters. The van der Waals surface area contributed by atoms with Crippen LogP contribution in [0.5, 0.6) is 5.75 Å². The van der Waals surface area contributed by atoms with Crippen LogP contribution in [-0.2, 0) is 13.1 Å². The molecule has 0 saturated carbocycles. The van der Waals surface area contributed by atoms with Crippen molar-refractivity contribution in [2.24, 2.45) is 0 Å². The lowest BCUT2D eigenvalue weighted by Crippen LogP contribution is -2.33. The monoisotopic (exact) mass is 256 g/mol. The highest BCUT2D eigenvalue weighted by Gasteiger charge is 2.19. The molecule has 0 fully saturated rings. The van der Waals surface area contributed by atoms with E-state index in [0.29, 0.717) is 5.75 Å². The average molecular weight is 256 g/mol. The van der Waals surface area contributed by atoms with Crippen LogP contribution in [0.3, 0.4) is 0 Å². The zero-order valence-corrected chi connectivity index (χ0v) is 11.6. The minimum Gasteiger partial charge on any atom is -0.507 e. The van der Waals surface area contributed by atoms with Crippen LogP contribution < -0.4 is 0 Å². The molecular weight excluding hydrogens is 236 g/mol. The van der Waals surface area contributed by atoms with Crippen molar-refractivity contribution >= 4 is 10.8 Å². The lowest BCUT2D eigenvalue weighted by molar-refractivity contribution is 0.223. The highest BCUT2D eigenvalue weighted by atomic mass is 16.3. The topological polar surface area (TPSA) is 26.7 Å². The number of benzene rings is 2. The predicted molar refractivity (Wildman–Crippen MR) is 78.3 cm³/mol. The fourth-order valence-corrected chi connectivity index (χ4v) is 2.85. The van der Waals surface area contributed by atoms with Crippen LogP contribution in [0.4, 0.5) is 0 Å². The van der Waals surface area contributed by atoms with Gasteiger partial charge in [0, 0.05) is 31.6 Å². The summed E-state index contributed by atoms with van der Waals surface area (Å²) in [6.45, 7) is 4.09. The fraction of sp³-hybridized carbons (Fsp3) is 0.375. The Balaban J connectivity index is 1.95. The van der Waals surface area contributed by atoms with Crippen LogP contribution in [-0.4, -0.2) is 42.1 Å². The summed E-state index contributed by atoms with van der Waals surface area (Å²) in [6.07, 6.45) is 0. The number of aromatic hydroxyl groups is 1. The van der Waals surface area contributed by atoms with Crippen LogP contribution in [0, 0.1) is 0 Å². The molecule has 100 valence electrons. The maximum absolute atomic E-state index is 9.96. The van der Waals surface area contributed by atoms with E-state index in [1.165, 1.54) is 16.5 Å². The molecule has 19 heavy (non-hydrogen) atoms. The first-order valence-electron chi connectivity index (χ1n) is 6.74. The summed E-state index contributed by atoms with van der Waals surface area (Å²) in [5.74, 6) is 0.391. The van der Waals surface area contributed by atoms with E-state index in [4.69, 9.17) is 0 Å². The van der Waals surface area contributed by atoms with Crippen LogP contribution >= 0.6 is 0 Å². The number of phenols is 1. The van der Waals surface area contributed by atoms with Gasteiger partial charge in [-0.2, -0.15) is 0 Å². The predicted octanol–water partition coefficient (Wildman–Crippen LogP) is 2.42. The number of phenolic OH excluding ortho intramolecular Hbond substituents is 1. The molecule has 0 aromatic heterocycles. The Bertz CT molecular complexity index is 595. The number of likely N-dealkylation sites (N-methyl/N-ethyl adjacent to an activating group) is 1. The summed E-state index contributed by atoms with van der Waals surface area (Å²) >= 11 is 0. The third-order valence-corrected chi connectivity index (χ3v) is 3.84. The fourth-order valence-electron chi connectivity index (χ4n) is 2.85. The highest BCUT2D eigenvalue weighted by Crippen LogP contribution is 2.34. The first-order chi connectivity index (χ1) is 9.15.